The molecule has 1 saturated heterocycles. The molecule has 1 aliphatic rings. The van der Waals surface area contributed by atoms with Gasteiger partial charge in [-0.15, -0.1) is 0 Å². The van der Waals surface area contributed by atoms with E-state index in [1.807, 2.05) is 60.4 Å². The van der Waals surface area contributed by atoms with Crippen molar-refractivity contribution in [2.45, 2.75) is 32.7 Å². The zero-order valence-corrected chi connectivity index (χ0v) is 18.6. The molecule has 31 heavy (non-hydrogen) atoms. The number of anilines is 1. The molecular weight excluding hydrogens is 408 g/mol. The van der Waals surface area contributed by atoms with Gasteiger partial charge in [0.25, 0.3) is 5.91 Å². The topological polar surface area (TPSA) is 58.1 Å². The van der Waals surface area contributed by atoms with Crippen LogP contribution in [-0.2, 0) is 0 Å². The van der Waals surface area contributed by atoms with E-state index in [2.05, 4.69) is 22.2 Å². The van der Waals surface area contributed by atoms with Gasteiger partial charge in [0.05, 0.1) is 16.8 Å². The number of carbonyl (C=O) groups is 1. The van der Waals surface area contributed by atoms with Crippen molar-refractivity contribution in [3.05, 3.63) is 77.1 Å². The second-order valence-corrected chi connectivity index (χ2v) is 8.63. The van der Waals surface area contributed by atoms with Crippen LogP contribution < -0.4 is 5.32 Å². The summed E-state index contributed by atoms with van der Waals surface area (Å²) in [6.45, 7) is 5.63. The van der Waals surface area contributed by atoms with Crippen LogP contribution in [-0.4, -0.2) is 39.9 Å². The van der Waals surface area contributed by atoms with Crippen LogP contribution in [0.4, 0.5) is 5.82 Å². The van der Waals surface area contributed by atoms with Crippen LogP contribution in [0.25, 0.3) is 11.3 Å². The average molecular weight is 435 g/mol. The molecule has 3 aromatic rings. The predicted molar refractivity (Wildman–Crippen MR) is 125 cm³/mol. The Balaban J connectivity index is 1.61. The number of amides is 1. The minimum Gasteiger partial charge on any atom is -0.368 e. The number of piperidine rings is 1. The fourth-order valence-electron chi connectivity index (χ4n) is 4.24. The molecule has 1 aliphatic heterocycles. The summed E-state index contributed by atoms with van der Waals surface area (Å²) in [5.41, 5.74) is 3.46. The van der Waals surface area contributed by atoms with Crippen LogP contribution in [0.5, 0.6) is 0 Å². The molecule has 0 spiro atoms. The molecule has 1 aromatic carbocycles. The van der Waals surface area contributed by atoms with Crippen LogP contribution in [0, 0.1) is 12.8 Å². The molecule has 5 nitrogen and oxygen atoms in total. The van der Waals surface area contributed by atoms with Crippen LogP contribution >= 0.6 is 11.6 Å². The molecule has 160 valence electrons. The number of hydrogen-bond acceptors (Lipinski definition) is 4. The summed E-state index contributed by atoms with van der Waals surface area (Å²) in [6, 6.07) is 15.6. The van der Waals surface area contributed by atoms with E-state index >= 15 is 0 Å². The first-order valence-corrected chi connectivity index (χ1v) is 11.1. The third-order valence-electron chi connectivity index (χ3n) is 5.94. The molecule has 6 heteroatoms. The van der Waals surface area contributed by atoms with Gasteiger partial charge in [-0.1, -0.05) is 42.3 Å². The number of nitrogens with one attached hydrogen (secondary N) is 1. The molecule has 0 saturated carbocycles. The molecular formula is C25H27ClN4O. The zero-order valence-electron chi connectivity index (χ0n) is 17.9. The van der Waals surface area contributed by atoms with Crippen molar-refractivity contribution < 1.29 is 4.79 Å². The summed E-state index contributed by atoms with van der Waals surface area (Å²) in [6.07, 6.45) is 5.50. The van der Waals surface area contributed by atoms with Gasteiger partial charge in [0.2, 0.25) is 0 Å². The SMILES string of the molecule is Cc1ccc(-c2ccccn2)c(C(=O)N2CCCC(C)[C@H]2CNc2ccc(Cl)cn2)c1. The van der Waals surface area contributed by atoms with E-state index in [9.17, 15) is 4.79 Å². The molecule has 1 amide bonds. The second kappa shape index (κ2) is 9.48. The lowest BCUT2D eigenvalue weighted by Gasteiger charge is -2.40. The van der Waals surface area contributed by atoms with E-state index in [1.54, 1.807) is 12.4 Å². The van der Waals surface area contributed by atoms with Crippen molar-refractivity contribution in [3.8, 4) is 11.3 Å². The fourth-order valence-corrected chi connectivity index (χ4v) is 4.35. The highest BCUT2D eigenvalue weighted by atomic mass is 35.5. The van der Waals surface area contributed by atoms with E-state index in [-0.39, 0.29) is 11.9 Å². The number of halogens is 1. The molecule has 0 radical (unpaired) electrons. The number of likely N-dealkylation sites (tertiary alicyclic amines) is 1. The molecule has 2 aromatic heterocycles. The third kappa shape index (κ3) is 4.88. The Bertz CT molecular complexity index is 1040. The van der Waals surface area contributed by atoms with E-state index in [4.69, 9.17) is 11.6 Å². The number of aryl methyl sites for hydroxylation is 1. The maximum atomic E-state index is 13.8. The quantitative estimate of drug-likeness (QED) is 0.579. The van der Waals surface area contributed by atoms with Crippen molar-refractivity contribution in [2.24, 2.45) is 5.92 Å². The van der Waals surface area contributed by atoms with Gasteiger partial charge in [-0.05, 0) is 56.0 Å². The number of aromatic nitrogens is 2. The van der Waals surface area contributed by atoms with Crippen molar-refractivity contribution in [2.75, 3.05) is 18.4 Å². The Hall–Kier alpha value is -2.92. The summed E-state index contributed by atoms with van der Waals surface area (Å²) in [7, 11) is 0. The molecule has 4 rings (SSSR count). The van der Waals surface area contributed by atoms with E-state index in [0.717, 1.165) is 42.0 Å². The number of pyridine rings is 2. The van der Waals surface area contributed by atoms with Gasteiger partial charge >= 0.3 is 0 Å². The molecule has 3 heterocycles. The first-order valence-electron chi connectivity index (χ1n) is 10.7. The summed E-state index contributed by atoms with van der Waals surface area (Å²) in [5.74, 6) is 1.21. The smallest absolute Gasteiger partial charge is 0.254 e. The molecule has 0 aliphatic carbocycles. The van der Waals surface area contributed by atoms with E-state index < -0.39 is 0 Å². The Morgan fingerprint density at radius 2 is 2.06 bits per heavy atom. The van der Waals surface area contributed by atoms with Gasteiger partial charge in [0, 0.05) is 36.6 Å². The van der Waals surface area contributed by atoms with Gasteiger partial charge < -0.3 is 10.2 Å². The Morgan fingerprint density at radius 3 is 2.81 bits per heavy atom. The number of carbonyl (C=O) groups excluding carboxylic acids is 1. The summed E-state index contributed by atoms with van der Waals surface area (Å²) in [5, 5.41) is 4.00. The first kappa shape index (κ1) is 21.3. The minimum atomic E-state index is 0.0618. The van der Waals surface area contributed by atoms with Gasteiger partial charge in [-0.2, -0.15) is 0 Å². The highest BCUT2D eigenvalue weighted by molar-refractivity contribution is 6.30. The van der Waals surface area contributed by atoms with Crippen molar-refractivity contribution >= 4 is 23.3 Å². The number of rotatable bonds is 5. The summed E-state index contributed by atoms with van der Waals surface area (Å²) in [4.78, 5) is 24.6. The van der Waals surface area contributed by atoms with Crippen LogP contribution in [0.3, 0.4) is 0 Å². The van der Waals surface area contributed by atoms with E-state index in [1.165, 1.54) is 0 Å². The lowest BCUT2D eigenvalue weighted by atomic mass is 9.89. The zero-order chi connectivity index (χ0) is 21.8. The summed E-state index contributed by atoms with van der Waals surface area (Å²) < 4.78 is 0. The number of nitrogens with zero attached hydrogens (tertiary/aromatic N) is 3. The molecule has 1 N–H and O–H groups in total. The third-order valence-corrected chi connectivity index (χ3v) is 6.17. The fraction of sp³-hybridized carbons (Fsp3) is 0.320. The van der Waals surface area contributed by atoms with Crippen LogP contribution in [0.1, 0.15) is 35.7 Å². The Labute approximate surface area is 188 Å². The van der Waals surface area contributed by atoms with Gasteiger partial charge in [0.15, 0.2) is 0 Å². The standard InChI is InChI=1S/C25H27ClN4O/c1-17-8-10-20(22-7-3-4-12-27-22)21(14-17)25(31)30-13-5-6-18(2)23(30)16-29-24-11-9-19(26)15-28-24/h3-4,7-12,14-15,18,23H,5-6,13,16H2,1-2H3,(H,28,29)/t18?,23-/m1/s1. The lowest BCUT2D eigenvalue weighted by Crippen LogP contribution is -2.51. The summed E-state index contributed by atoms with van der Waals surface area (Å²) >= 11 is 5.95. The highest BCUT2D eigenvalue weighted by Gasteiger charge is 2.33. The molecule has 1 unspecified atom stereocenters. The first-order chi connectivity index (χ1) is 15.0. The number of benzene rings is 1. The maximum absolute atomic E-state index is 13.8. The molecule has 1 fully saturated rings. The monoisotopic (exact) mass is 434 g/mol. The van der Waals surface area contributed by atoms with Crippen LogP contribution in [0.2, 0.25) is 5.02 Å². The molecule has 2 atom stereocenters. The average Bonchev–Trinajstić information content (AvgIpc) is 2.79. The van der Waals surface area contributed by atoms with Gasteiger partial charge in [0.1, 0.15) is 5.82 Å². The highest BCUT2D eigenvalue weighted by Crippen LogP contribution is 2.29. The second-order valence-electron chi connectivity index (χ2n) is 8.19. The largest absolute Gasteiger partial charge is 0.368 e. The maximum Gasteiger partial charge on any atom is 0.254 e. The predicted octanol–water partition coefficient (Wildman–Crippen LogP) is 5.46. The Morgan fingerprint density at radius 1 is 1.19 bits per heavy atom. The Kier molecular flexibility index (Phi) is 6.52. The van der Waals surface area contributed by atoms with Crippen LogP contribution in [0.15, 0.2) is 60.9 Å². The van der Waals surface area contributed by atoms with Crippen molar-refractivity contribution in [1.29, 1.82) is 0 Å². The normalized spacial score (nSPS) is 18.6. The van der Waals surface area contributed by atoms with Crippen molar-refractivity contribution in [3.63, 3.8) is 0 Å². The molecule has 0 bridgehead atoms. The van der Waals surface area contributed by atoms with E-state index in [0.29, 0.717) is 23.0 Å². The number of hydrogen-bond donors (Lipinski definition) is 1. The van der Waals surface area contributed by atoms with Gasteiger partial charge in [-0.3, -0.25) is 9.78 Å². The van der Waals surface area contributed by atoms with Gasteiger partial charge in [-0.25, -0.2) is 4.98 Å². The lowest BCUT2D eigenvalue weighted by molar-refractivity contribution is 0.0540. The van der Waals surface area contributed by atoms with Crippen molar-refractivity contribution in [1.82, 2.24) is 14.9 Å². The minimum absolute atomic E-state index is 0.0618.